The van der Waals surface area contributed by atoms with E-state index in [4.69, 9.17) is 4.74 Å². The summed E-state index contributed by atoms with van der Waals surface area (Å²) in [5.41, 5.74) is 2.16. The maximum Gasteiger partial charge on any atom is 0.194 e. The van der Waals surface area contributed by atoms with Crippen molar-refractivity contribution in [3.8, 4) is 0 Å². The van der Waals surface area contributed by atoms with Gasteiger partial charge < -0.3 is 4.74 Å². The van der Waals surface area contributed by atoms with Gasteiger partial charge >= 0.3 is 0 Å². The van der Waals surface area contributed by atoms with Gasteiger partial charge in [-0.25, -0.2) is 0 Å². The van der Waals surface area contributed by atoms with Crippen LogP contribution < -0.4 is 0 Å². The average Bonchev–Trinajstić information content (AvgIpc) is 2.41. The van der Waals surface area contributed by atoms with E-state index in [0.717, 1.165) is 0 Å². The molecule has 0 aromatic rings. The molecule has 0 saturated carbocycles. The van der Waals surface area contributed by atoms with E-state index in [1.165, 1.54) is 6.08 Å². The zero-order valence-corrected chi connectivity index (χ0v) is 6.18. The maximum atomic E-state index is 10.9. The zero-order chi connectivity index (χ0) is 7.78. The molecule has 1 fully saturated rings. The molecule has 0 aliphatic carbocycles. The Kier molecular flexibility index (Phi) is 1.51. The third-order valence-corrected chi connectivity index (χ3v) is 1.50. The summed E-state index contributed by atoms with van der Waals surface area (Å²) in [6, 6.07) is 0. The maximum absolute atomic E-state index is 10.9. The van der Waals surface area contributed by atoms with Crippen LogP contribution in [0.2, 0.25) is 0 Å². The first-order chi connectivity index (χ1) is 4.58. The highest BCUT2D eigenvalue weighted by Crippen LogP contribution is 2.35. The molecule has 1 unspecified atom stereocenters. The molecule has 0 radical (unpaired) electrons. The number of carbonyl (C=O) groups is 1. The topological polar surface area (TPSA) is 29.6 Å². The Morgan fingerprint density at radius 3 is 2.60 bits per heavy atom. The lowest BCUT2D eigenvalue weighted by molar-refractivity contribution is -0.115. The van der Waals surface area contributed by atoms with Gasteiger partial charge in [-0.2, -0.15) is 0 Å². The minimum Gasteiger partial charge on any atom is -0.358 e. The normalized spacial score (nSPS) is 26.8. The summed E-state index contributed by atoms with van der Waals surface area (Å²) in [5, 5.41) is 0. The van der Waals surface area contributed by atoms with Crippen molar-refractivity contribution in [2.24, 2.45) is 0 Å². The van der Waals surface area contributed by atoms with Gasteiger partial charge in [0.25, 0.3) is 0 Å². The number of ether oxygens (including phenoxy) is 1. The van der Waals surface area contributed by atoms with E-state index in [0.29, 0.717) is 0 Å². The average molecular weight is 138 g/mol. The van der Waals surface area contributed by atoms with Gasteiger partial charge in [0, 0.05) is 6.08 Å². The van der Waals surface area contributed by atoms with Crippen molar-refractivity contribution in [3.05, 3.63) is 18.4 Å². The Morgan fingerprint density at radius 1 is 1.80 bits per heavy atom. The van der Waals surface area contributed by atoms with Crippen molar-refractivity contribution in [2.75, 3.05) is 0 Å². The predicted octanol–water partition coefficient (Wildman–Crippen LogP) is 1.07. The summed E-state index contributed by atoms with van der Waals surface area (Å²) in [7, 11) is 0. The second kappa shape index (κ2) is 2.08. The minimum atomic E-state index is -0.262. The SMILES string of the molecule is C=C=CC(=O)C1OC1(C)C. The molecule has 2 heteroatoms. The first-order valence-corrected chi connectivity index (χ1v) is 3.15. The van der Waals surface area contributed by atoms with Crippen LogP contribution >= 0.6 is 0 Å². The molecule has 1 heterocycles. The van der Waals surface area contributed by atoms with Crippen molar-refractivity contribution >= 4 is 5.78 Å². The standard InChI is InChI=1S/C8H10O2/c1-4-5-6(9)7-8(2,3)10-7/h5,7H,1H2,2-3H3. The Labute approximate surface area is 60.2 Å². The fraction of sp³-hybridized carbons (Fsp3) is 0.500. The van der Waals surface area contributed by atoms with Crippen molar-refractivity contribution in [2.45, 2.75) is 25.6 Å². The molecule has 1 aliphatic rings. The van der Waals surface area contributed by atoms with E-state index in [1.807, 2.05) is 13.8 Å². The van der Waals surface area contributed by atoms with Gasteiger partial charge in [0.15, 0.2) is 5.78 Å². The van der Waals surface area contributed by atoms with Gasteiger partial charge in [0.05, 0.1) is 5.60 Å². The molecule has 54 valence electrons. The fourth-order valence-corrected chi connectivity index (χ4v) is 0.847. The van der Waals surface area contributed by atoms with Crippen LogP contribution in [0.1, 0.15) is 13.8 Å². The van der Waals surface area contributed by atoms with Crippen LogP contribution in [0, 0.1) is 0 Å². The minimum absolute atomic E-state index is 0.0417. The molecule has 1 aliphatic heterocycles. The molecule has 1 atom stereocenters. The zero-order valence-electron chi connectivity index (χ0n) is 6.18. The molecule has 1 saturated heterocycles. The molecule has 0 aromatic carbocycles. The fourth-order valence-electron chi connectivity index (χ4n) is 0.847. The third-order valence-electron chi connectivity index (χ3n) is 1.50. The second-order valence-electron chi connectivity index (χ2n) is 2.85. The Balaban J connectivity index is 2.56. The largest absolute Gasteiger partial charge is 0.358 e. The van der Waals surface area contributed by atoms with Crippen LogP contribution in [0.4, 0.5) is 0 Å². The lowest BCUT2D eigenvalue weighted by atomic mass is 10.1. The van der Waals surface area contributed by atoms with Crippen LogP contribution in [0.3, 0.4) is 0 Å². The first kappa shape index (κ1) is 7.26. The Morgan fingerprint density at radius 2 is 2.30 bits per heavy atom. The number of hydrogen-bond acceptors (Lipinski definition) is 2. The lowest BCUT2D eigenvalue weighted by Crippen LogP contribution is -2.11. The van der Waals surface area contributed by atoms with Crippen LogP contribution in [-0.2, 0) is 9.53 Å². The number of hydrogen-bond donors (Lipinski definition) is 0. The van der Waals surface area contributed by atoms with Gasteiger partial charge in [-0.1, -0.05) is 6.58 Å². The number of rotatable bonds is 2. The van der Waals surface area contributed by atoms with Gasteiger partial charge in [-0.05, 0) is 13.8 Å². The lowest BCUT2D eigenvalue weighted by Gasteiger charge is -1.88. The Hall–Kier alpha value is -0.850. The van der Waals surface area contributed by atoms with Gasteiger partial charge in [0.1, 0.15) is 6.10 Å². The predicted molar refractivity (Wildman–Crippen MR) is 37.7 cm³/mol. The number of ketones is 1. The van der Waals surface area contributed by atoms with Crippen LogP contribution in [0.25, 0.3) is 0 Å². The summed E-state index contributed by atoms with van der Waals surface area (Å²) in [6.45, 7) is 7.06. The molecule has 1 rings (SSSR count). The molecule has 2 nitrogen and oxygen atoms in total. The molecular formula is C8H10O2. The smallest absolute Gasteiger partial charge is 0.194 e. The van der Waals surface area contributed by atoms with Crippen molar-refractivity contribution in [3.63, 3.8) is 0 Å². The quantitative estimate of drug-likeness (QED) is 0.324. The number of carbonyl (C=O) groups excluding carboxylic acids is 1. The Bertz CT molecular complexity index is 209. The summed E-state index contributed by atoms with van der Waals surface area (Å²) < 4.78 is 5.07. The second-order valence-corrected chi connectivity index (χ2v) is 2.85. The molecule has 0 spiro atoms. The molecule has 0 N–H and O–H groups in total. The first-order valence-electron chi connectivity index (χ1n) is 3.15. The monoisotopic (exact) mass is 138 g/mol. The summed E-state index contributed by atoms with van der Waals surface area (Å²) in [6.07, 6.45) is 1.06. The van der Waals surface area contributed by atoms with Crippen LogP contribution in [-0.4, -0.2) is 17.5 Å². The molecule has 0 aromatic heterocycles. The van der Waals surface area contributed by atoms with Crippen molar-refractivity contribution in [1.29, 1.82) is 0 Å². The summed E-state index contributed by atoms with van der Waals surface area (Å²) >= 11 is 0. The summed E-state index contributed by atoms with van der Waals surface area (Å²) in [4.78, 5) is 10.9. The van der Waals surface area contributed by atoms with E-state index in [2.05, 4.69) is 12.3 Å². The van der Waals surface area contributed by atoms with Crippen molar-refractivity contribution < 1.29 is 9.53 Å². The highest BCUT2D eigenvalue weighted by molar-refractivity contribution is 5.96. The molecule has 10 heavy (non-hydrogen) atoms. The number of epoxide rings is 1. The highest BCUT2D eigenvalue weighted by atomic mass is 16.6. The summed E-state index contributed by atoms with van der Waals surface area (Å²) in [5.74, 6) is -0.0417. The van der Waals surface area contributed by atoms with E-state index in [1.54, 1.807) is 0 Å². The van der Waals surface area contributed by atoms with Crippen LogP contribution in [0.15, 0.2) is 18.4 Å². The van der Waals surface area contributed by atoms with E-state index < -0.39 is 0 Å². The molecule has 0 amide bonds. The van der Waals surface area contributed by atoms with Gasteiger partial charge in [-0.15, -0.1) is 5.73 Å². The highest BCUT2D eigenvalue weighted by Gasteiger charge is 2.51. The van der Waals surface area contributed by atoms with Gasteiger partial charge in [0.2, 0.25) is 0 Å². The van der Waals surface area contributed by atoms with Crippen molar-refractivity contribution in [1.82, 2.24) is 0 Å². The van der Waals surface area contributed by atoms with E-state index >= 15 is 0 Å². The molecule has 0 bridgehead atoms. The van der Waals surface area contributed by atoms with E-state index in [9.17, 15) is 4.79 Å². The van der Waals surface area contributed by atoms with Gasteiger partial charge in [-0.3, -0.25) is 4.79 Å². The van der Waals surface area contributed by atoms with Crippen LogP contribution in [0.5, 0.6) is 0 Å². The van der Waals surface area contributed by atoms with E-state index in [-0.39, 0.29) is 17.5 Å². The molecular weight excluding hydrogens is 128 g/mol. The third kappa shape index (κ3) is 1.18.